The van der Waals surface area contributed by atoms with Gasteiger partial charge in [0.15, 0.2) is 0 Å². The zero-order chi connectivity index (χ0) is 5.33. The lowest BCUT2D eigenvalue weighted by molar-refractivity contribution is -0.114. The highest BCUT2D eigenvalue weighted by Crippen LogP contribution is 2.26. The maximum Gasteiger partial charge on any atom is 0.139 e. The Balaban J connectivity index is 2.43. The molecular weight excluding hydrogens is 90.1 g/mol. The van der Waals surface area contributed by atoms with Gasteiger partial charge in [-0.05, 0) is 19.3 Å². The first-order valence-corrected chi connectivity index (χ1v) is 2.52. The SMILES string of the molecule is NC1(C=O)CCC1. The molecule has 0 saturated heterocycles. The van der Waals surface area contributed by atoms with Crippen molar-refractivity contribution in [3.63, 3.8) is 0 Å². The number of nitrogens with two attached hydrogens (primary N) is 1. The highest BCUT2D eigenvalue weighted by Gasteiger charge is 2.31. The number of hydrogen-bond acceptors (Lipinski definition) is 2. The van der Waals surface area contributed by atoms with Crippen LogP contribution in [0, 0.1) is 0 Å². The molecule has 0 amide bonds. The van der Waals surface area contributed by atoms with Crippen molar-refractivity contribution in [2.45, 2.75) is 24.8 Å². The number of rotatable bonds is 1. The van der Waals surface area contributed by atoms with Gasteiger partial charge in [-0.1, -0.05) is 0 Å². The van der Waals surface area contributed by atoms with Crippen LogP contribution in [0.25, 0.3) is 0 Å². The molecule has 0 aromatic carbocycles. The summed E-state index contributed by atoms with van der Waals surface area (Å²) in [6.45, 7) is 0. The average Bonchev–Trinajstić information content (AvgIpc) is 1.61. The first kappa shape index (κ1) is 4.78. The third kappa shape index (κ3) is 0.657. The van der Waals surface area contributed by atoms with Crippen molar-refractivity contribution in [3.05, 3.63) is 0 Å². The van der Waals surface area contributed by atoms with Crippen molar-refractivity contribution in [3.8, 4) is 0 Å². The maximum atomic E-state index is 9.98. The van der Waals surface area contributed by atoms with Gasteiger partial charge in [0.25, 0.3) is 0 Å². The van der Waals surface area contributed by atoms with Crippen molar-refractivity contribution >= 4 is 6.29 Å². The lowest BCUT2D eigenvalue weighted by Crippen LogP contribution is -2.47. The number of aldehydes is 1. The van der Waals surface area contributed by atoms with Crippen LogP contribution in [0.3, 0.4) is 0 Å². The fraction of sp³-hybridized carbons (Fsp3) is 0.800. The van der Waals surface area contributed by atoms with E-state index in [2.05, 4.69) is 0 Å². The second-order valence-electron chi connectivity index (χ2n) is 2.20. The number of hydrogen-bond donors (Lipinski definition) is 1. The zero-order valence-corrected chi connectivity index (χ0v) is 4.18. The van der Waals surface area contributed by atoms with Gasteiger partial charge < -0.3 is 10.5 Å². The molecule has 0 radical (unpaired) electrons. The highest BCUT2D eigenvalue weighted by atomic mass is 16.1. The monoisotopic (exact) mass is 99.1 g/mol. The average molecular weight is 99.1 g/mol. The van der Waals surface area contributed by atoms with Crippen molar-refractivity contribution in [2.75, 3.05) is 0 Å². The Morgan fingerprint density at radius 3 is 2.14 bits per heavy atom. The van der Waals surface area contributed by atoms with Gasteiger partial charge in [0, 0.05) is 0 Å². The Morgan fingerprint density at radius 2 is 2.14 bits per heavy atom. The van der Waals surface area contributed by atoms with Gasteiger partial charge >= 0.3 is 0 Å². The summed E-state index contributed by atoms with van der Waals surface area (Å²) >= 11 is 0. The van der Waals surface area contributed by atoms with Crippen LogP contribution in [0.1, 0.15) is 19.3 Å². The minimum atomic E-state index is -0.417. The Bertz CT molecular complexity index is 86.1. The fourth-order valence-corrected chi connectivity index (χ4v) is 0.703. The molecule has 0 bridgehead atoms. The molecule has 0 heterocycles. The summed E-state index contributed by atoms with van der Waals surface area (Å²) in [4.78, 5) is 9.98. The van der Waals surface area contributed by atoms with Gasteiger partial charge in [0.05, 0.1) is 5.54 Å². The predicted molar refractivity (Wildman–Crippen MR) is 26.8 cm³/mol. The summed E-state index contributed by atoms with van der Waals surface area (Å²) < 4.78 is 0. The Kier molecular flexibility index (Phi) is 0.889. The molecule has 2 N–H and O–H groups in total. The summed E-state index contributed by atoms with van der Waals surface area (Å²) in [5, 5.41) is 0. The predicted octanol–water partition coefficient (Wildman–Crippen LogP) is 0.0667. The lowest BCUT2D eigenvalue weighted by Gasteiger charge is -2.31. The molecule has 0 aliphatic heterocycles. The van der Waals surface area contributed by atoms with Crippen LogP contribution in [-0.4, -0.2) is 11.8 Å². The van der Waals surface area contributed by atoms with Crippen molar-refractivity contribution in [1.82, 2.24) is 0 Å². The van der Waals surface area contributed by atoms with E-state index in [9.17, 15) is 4.79 Å². The third-order valence-corrected chi connectivity index (χ3v) is 1.52. The summed E-state index contributed by atoms with van der Waals surface area (Å²) in [5.41, 5.74) is 5.02. The second kappa shape index (κ2) is 1.30. The molecule has 0 spiro atoms. The normalized spacial score (nSPS) is 25.9. The molecule has 0 atom stereocenters. The van der Waals surface area contributed by atoms with Gasteiger partial charge in [-0.15, -0.1) is 0 Å². The van der Waals surface area contributed by atoms with Crippen molar-refractivity contribution in [1.29, 1.82) is 0 Å². The zero-order valence-electron chi connectivity index (χ0n) is 4.18. The molecule has 1 fully saturated rings. The van der Waals surface area contributed by atoms with Crippen LogP contribution in [0.4, 0.5) is 0 Å². The van der Waals surface area contributed by atoms with Gasteiger partial charge in [-0.2, -0.15) is 0 Å². The Morgan fingerprint density at radius 1 is 1.57 bits per heavy atom. The maximum absolute atomic E-state index is 9.98. The third-order valence-electron chi connectivity index (χ3n) is 1.52. The number of carbonyl (C=O) groups excluding carboxylic acids is 1. The molecule has 2 nitrogen and oxygen atoms in total. The summed E-state index contributed by atoms with van der Waals surface area (Å²) in [5.74, 6) is 0. The van der Waals surface area contributed by atoms with E-state index in [-0.39, 0.29) is 0 Å². The second-order valence-corrected chi connectivity index (χ2v) is 2.20. The topological polar surface area (TPSA) is 43.1 Å². The lowest BCUT2D eigenvalue weighted by atomic mass is 9.79. The van der Waals surface area contributed by atoms with E-state index in [4.69, 9.17) is 5.73 Å². The molecule has 0 aromatic heterocycles. The summed E-state index contributed by atoms with van der Waals surface area (Å²) in [6.07, 6.45) is 3.75. The standard InChI is InChI=1S/C5H9NO/c6-5(4-7)2-1-3-5/h4H,1-3,6H2. The van der Waals surface area contributed by atoms with Crippen LogP contribution in [-0.2, 0) is 4.79 Å². The van der Waals surface area contributed by atoms with E-state index in [1.54, 1.807) is 0 Å². The fourth-order valence-electron chi connectivity index (χ4n) is 0.703. The Labute approximate surface area is 42.7 Å². The highest BCUT2D eigenvalue weighted by molar-refractivity contribution is 5.65. The first-order valence-electron chi connectivity index (χ1n) is 2.52. The van der Waals surface area contributed by atoms with Gasteiger partial charge in [-0.3, -0.25) is 0 Å². The van der Waals surface area contributed by atoms with Gasteiger partial charge in [-0.25, -0.2) is 0 Å². The van der Waals surface area contributed by atoms with Crippen LogP contribution in [0.5, 0.6) is 0 Å². The van der Waals surface area contributed by atoms with E-state index in [0.29, 0.717) is 0 Å². The van der Waals surface area contributed by atoms with Crippen molar-refractivity contribution < 1.29 is 4.79 Å². The van der Waals surface area contributed by atoms with Crippen LogP contribution in [0.2, 0.25) is 0 Å². The molecule has 1 aliphatic rings. The molecule has 1 aliphatic carbocycles. The molecule has 1 saturated carbocycles. The van der Waals surface area contributed by atoms with E-state index < -0.39 is 5.54 Å². The Hall–Kier alpha value is -0.370. The minimum absolute atomic E-state index is 0.417. The largest absolute Gasteiger partial charge is 0.319 e. The minimum Gasteiger partial charge on any atom is -0.319 e. The van der Waals surface area contributed by atoms with E-state index in [0.717, 1.165) is 25.5 Å². The summed E-state index contributed by atoms with van der Waals surface area (Å²) in [7, 11) is 0. The molecule has 1 rings (SSSR count). The van der Waals surface area contributed by atoms with Crippen LogP contribution < -0.4 is 5.73 Å². The van der Waals surface area contributed by atoms with E-state index >= 15 is 0 Å². The van der Waals surface area contributed by atoms with Crippen LogP contribution >= 0.6 is 0 Å². The van der Waals surface area contributed by atoms with Gasteiger partial charge in [0.2, 0.25) is 0 Å². The molecule has 40 valence electrons. The molecule has 0 unspecified atom stereocenters. The molecule has 7 heavy (non-hydrogen) atoms. The van der Waals surface area contributed by atoms with E-state index in [1.807, 2.05) is 0 Å². The smallest absolute Gasteiger partial charge is 0.139 e. The van der Waals surface area contributed by atoms with Crippen LogP contribution in [0.15, 0.2) is 0 Å². The molecular formula is C5H9NO. The van der Waals surface area contributed by atoms with E-state index in [1.165, 1.54) is 0 Å². The van der Waals surface area contributed by atoms with Crippen molar-refractivity contribution in [2.24, 2.45) is 5.73 Å². The quantitative estimate of drug-likeness (QED) is 0.472. The first-order chi connectivity index (χ1) is 3.27. The molecule has 0 aromatic rings. The molecule has 2 heteroatoms. The van der Waals surface area contributed by atoms with Gasteiger partial charge in [0.1, 0.15) is 6.29 Å². The summed E-state index contributed by atoms with van der Waals surface area (Å²) in [6, 6.07) is 0. The number of carbonyl (C=O) groups is 1.